The second-order valence-corrected chi connectivity index (χ2v) is 6.92. The van der Waals surface area contributed by atoms with Gasteiger partial charge in [0.1, 0.15) is 29.8 Å². The minimum Gasteiger partial charge on any atom is -0.481 e. The lowest BCUT2D eigenvalue weighted by atomic mass is 10.1. The summed E-state index contributed by atoms with van der Waals surface area (Å²) in [7, 11) is 0. The van der Waals surface area contributed by atoms with Gasteiger partial charge < -0.3 is 15.5 Å². The summed E-state index contributed by atoms with van der Waals surface area (Å²) in [6, 6.07) is 8.44. The first-order valence-electron chi connectivity index (χ1n) is 9.72. The Morgan fingerprint density at radius 1 is 0.970 bits per heavy atom. The molecule has 0 radical (unpaired) electrons. The number of terminal acetylenes is 1. The summed E-state index contributed by atoms with van der Waals surface area (Å²) >= 11 is 0. The van der Waals surface area contributed by atoms with Gasteiger partial charge in [0.25, 0.3) is 0 Å². The molecule has 0 bridgehead atoms. The Bertz CT molecular complexity index is 1190. The van der Waals surface area contributed by atoms with Crippen LogP contribution in [0.25, 0.3) is 0 Å². The van der Waals surface area contributed by atoms with Crippen LogP contribution in [0.4, 0.5) is 11.9 Å². The molecule has 0 saturated heterocycles. The first-order valence-corrected chi connectivity index (χ1v) is 9.72. The Morgan fingerprint density at radius 2 is 1.61 bits per heavy atom. The lowest BCUT2D eigenvalue weighted by Gasteiger charge is -2.13. The number of anilines is 2. The number of nitrogens with zero attached hydrogens (tertiary/aromatic N) is 6. The van der Waals surface area contributed by atoms with Crippen molar-refractivity contribution < 1.29 is 19.8 Å². The fourth-order valence-electron chi connectivity index (χ4n) is 2.86. The van der Waals surface area contributed by atoms with Gasteiger partial charge >= 0.3 is 11.9 Å². The van der Waals surface area contributed by atoms with Gasteiger partial charge in [0.05, 0.1) is 6.42 Å². The fourth-order valence-corrected chi connectivity index (χ4v) is 2.86. The maximum absolute atomic E-state index is 11.4. The van der Waals surface area contributed by atoms with Gasteiger partial charge in [0, 0.05) is 18.9 Å². The summed E-state index contributed by atoms with van der Waals surface area (Å²) in [5.74, 6) is -1.07. The minimum atomic E-state index is -1.42. The third-order valence-electron chi connectivity index (χ3n) is 4.34. The van der Waals surface area contributed by atoms with Crippen LogP contribution in [0.2, 0.25) is 0 Å². The van der Waals surface area contributed by atoms with E-state index in [0.717, 1.165) is 11.1 Å². The van der Waals surface area contributed by atoms with Gasteiger partial charge in [0.15, 0.2) is 0 Å². The number of hydrogen-bond donors (Lipinski definition) is 4. The summed E-state index contributed by atoms with van der Waals surface area (Å²) in [6.07, 6.45) is 6.93. The highest BCUT2D eigenvalue weighted by Crippen LogP contribution is 2.14. The number of nitrogens with one attached hydrogen (secondary N) is 2. The van der Waals surface area contributed by atoms with E-state index in [1.807, 2.05) is 24.3 Å². The Kier molecular flexibility index (Phi) is 7.38. The van der Waals surface area contributed by atoms with Crippen molar-refractivity contribution in [3.63, 3.8) is 0 Å². The van der Waals surface area contributed by atoms with Crippen molar-refractivity contribution in [2.45, 2.75) is 32.2 Å². The van der Waals surface area contributed by atoms with E-state index >= 15 is 0 Å². The zero-order valence-electron chi connectivity index (χ0n) is 17.6. The van der Waals surface area contributed by atoms with Crippen LogP contribution in [0.3, 0.4) is 0 Å². The maximum Gasteiger partial charge on any atom is 0.326 e. The molecule has 33 heavy (non-hydrogen) atoms. The molecule has 1 aromatic carbocycles. The Labute approximate surface area is 188 Å². The van der Waals surface area contributed by atoms with Gasteiger partial charge in [-0.15, -0.1) is 0 Å². The third-order valence-corrected chi connectivity index (χ3v) is 4.34. The van der Waals surface area contributed by atoms with E-state index in [-0.39, 0.29) is 11.9 Å². The van der Waals surface area contributed by atoms with Gasteiger partial charge in [-0.2, -0.15) is 15.0 Å². The van der Waals surface area contributed by atoms with Gasteiger partial charge in [-0.05, 0) is 18.1 Å². The number of hydrogen-bond acceptors (Lipinski definition) is 10. The molecule has 2 heterocycles. The molecule has 0 aliphatic heterocycles. The van der Waals surface area contributed by atoms with Crippen molar-refractivity contribution in [3.8, 4) is 12.5 Å². The highest BCUT2D eigenvalue weighted by molar-refractivity contribution is 5.82. The standard InChI is InChI=1S/C21H20N8O4/c1-3-22-20-27-17(28-21(29-20)26-15(19(32)33)10-18(30)31)9-14-6-4-13(5-7-14)8-16-24-11-23-12(2)25-16/h1,4-7,11,15H,8-10H2,2H3,(H,30,31)(H,32,33)(H2,22,26,27,28,29). The van der Waals surface area contributed by atoms with E-state index in [9.17, 15) is 14.7 Å². The number of carboxylic acid groups (broad SMARTS) is 2. The molecule has 168 valence electrons. The zero-order valence-corrected chi connectivity index (χ0v) is 17.6. The number of benzene rings is 1. The number of aromatic nitrogens is 6. The molecule has 0 saturated carbocycles. The molecule has 0 aliphatic carbocycles. The van der Waals surface area contributed by atoms with Gasteiger partial charge in [0.2, 0.25) is 11.9 Å². The SMILES string of the molecule is C#CNc1nc(Cc2ccc(Cc3ncnc(C)n3)cc2)nc(NC(CC(=O)O)C(=O)O)n1. The number of carbonyl (C=O) groups is 2. The third kappa shape index (κ3) is 6.93. The second kappa shape index (κ2) is 10.6. The average molecular weight is 448 g/mol. The van der Waals surface area contributed by atoms with Crippen LogP contribution >= 0.6 is 0 Å². The van der Waals surface area contributed by atoms with Crippen molar-refractivity contribution in [2.75, 3.05) is 10.6 Å². The average Bonchev–Trinajstić information content (AvgIpc) is 2.74. The van der Waals surface area contributed by atoms with E-state index in [2.05, 4.69) is 46.6 Å². The van der Waals surface area contributed by atoms with Crippen LogP contribution in [-0.4, -0.2) is 58.1 Å². The van der Waals surface area contributed by atoms with E-state index < -0.39 is 24.4 Å². The molecule has 1 unspecified atom stereocenters. The van der Waals surface area contributed by atoms with E-state index in [4.69, 9.17) is 11.5 Å². The van der Waals surface area contributed by atoms with Crippen LogP contribution in [0.15, 0.2) is 30.6 Å². The molecule has 3 rings (SSSR count). The lowest BCUT2D eigenvalue weighted by molar-refractivity contribution is -0.144. The predicted molar refractivity (Wildman–Crippen MR) is 116 cm³/mol. The molecule has 3 aromatic rings. The largest absolute Gasteiger partial charge is 0.481 e. The van der Waals surface area contributed by atoms with Crippen molar-refractivity contribution >= 4 is 23.8 Å². The van der Waals surface area contributed by atoms with Crippen LogP contribution in [0.5, 0.6) is 0 Å². The number of aliphatic carboxylic acids is 2. The summed E-state index contributed by atoms with van der Waals surface area (Å²) in [6.45, 7) is 1.80. The molecule has 1 atom stereocenters. The summed E-state index contributed by atoms with van der Waals surface area (Å²) in [5, 5.41) is 23.2. The van der Waals surface area contributed by atoms with E-state index in [1.165, 1.54) is 6.33 Å². The van der Waals surface area contributed by atoms with Crippen molar-refractivity contribution in [2.24, 2.45) is 0 Å². The van der Waals surface area contributed by atoms with E-state index in [1.54, 1.807) is 6.92 Å². The zero-order chi connectivity index (χ0) is 23.8. The highest BCUT2D eigenvalue weighted by atomic mass is 16.4. The number of rotatable bonds is 10. The first kappa shape index (κ1) is 23.0. The molecule has 0 fully saturated rings. The van der Waals surface area contributed by atoms with Gasteiger partial charge in [-0.25, -0.2) is 19.7 Å². The molecular weight excluding hydrogens is 428 g/mol. The minimum absolute atomic E-state index is 0.0336. The van der Waals surface area contributed by atoms with E-state index in [0.29, 0.717) is 30.3 Å². The Morgan fingerprint density at radius 3 is 2.18 bits per heavy atom. The lowest BCUT2D eigenvalue weighted by Crippen LogP contribution is -2.32. The molecule has 2 aromatic heterocycles. The molecular formula is C21H20N8O4. The Balaban J connectivity index is 1.77. The summed E-state index contributed by atoms with van der Waals surface area (Å²) in [4.78, 5) is 47.2. The van der Waals surface area contributed by atoms with Gasteiger partial charge in [-0.3, -0.25) is 10.1 Å². The Hall–Kier alpha value is -4.66. The summed E-state index contributed by atoms with van der Waals surface area (Å²) in [5.41, 5.74) is 1.89. The monoisotopic (exact) mass is 448 g/mol. The van der Waals surface area contributed by atoms with Crippen molar-refractivity contribution in [1.29, 1.82) is 0 Å². The fraction of sp³-hybridized carbons (Fsp3) is 0.238. The van der Waals surface area contributed by atoms with Crippen LogP contribution < -0.4 is 10.6 Å². The second-order valence-electron chi connectivity index (χ2n) is 6.92. The molecule has 0 aliphatic rings. The van der Waals surface area contributed by atoms with Crippen LogP contribution in [-0.2, 0) is 22.4 Å². The predicted octanol–water partition coefficient (Wildman–Crippen LogP) is 0.889. The normalized spacial score (nSPS) is 11.3. The number of aryl methyl sites for hydroxylation is 1. The highest BCUT2D eigenvalue weighted by Gasteiger charge is 2.22. The molecule has 0 spiro atoms. The molecule has 4 N–H and O–H groups in total. The molecule has 12 heteroatoms. The molecule has 0 amide bonds. The smallest absolute Gasteiger partial charge is 0.326 e. The maximum atomic E-state index is 11.4. The first-order chi connectivity index (χ1) is 15.8. The van der Waals surface area contributed by atoms with Crippen LogP contribution in [0, 0.1) is 19.4 Å². The number of carboxylic acids is 2. The topological polar surface area (TPSA) is 176 Å². The summed E-state index contributed by atoms with van der Waals surface area (Å²) < 4.78 is 0. The van der Waals surface area contributed by atoms with Gasteiger partial charge in [-0.1, -0.05) is 30.7 Å². The quantitative estimate of drug-likeness (QED) is 0.255. The molecule has 12 nitrogen and oxygen atoms in total. The van der Waals surface area contributed by atoms with Crippen molar-refractivity contribution in [1.82, 2.24) is 29.9 Å². The van der Waals surface area contributed by atoms with Crippen LogP contribution in [0.1, 0.15) is 35.0 Å². The van der Waals surface area contributed by atoms with Crippen molar-refractivity contribution in [3.05, 3.63) is 59.2 Å².